The van der Waals surface area contributed by atoms with Gasteiger partial charge in [0, 0.05) is 33.8 Å². The zero-order valence-electron chi connectivity index (χ0n) is 11.2. The molecule has 1 aliphatic heterocycles. The lowest BCUT2D eigenvalue weighted by molar-refractivity contribution is -0.108. The van der Waals surface area contributed by atoms with Crippen LogP contribution in [0.4, 0.5) is 5.69 Å². The number of halogens is 2. The summed E-state index contributed by atoms with van der Waals surface area (Å²) in [5.41, 5.74) is 9.95. The van der Waals surface area contributed by atoms with Crippen molar-refractivity contribution in [1.29, 1.82) is 0 Å². The maximum Gasteiger partial charge on any atom is 0.147 e. The van der Waals surface area contributed by atoms with Gasteiger partial charge in [0.15, 0.2) is 0 Å². The summed E-state index contributed by atoms with van der Waals surface area (Å²) in [4.78, 5) is 13.7. The zero-order chi connectivity index (χ0) is 15.0. The highest BCUT2D eigenvalue weighted by Crippen LogP contribution is 2.40. The van der Waals surface area contributed by atoms with Crippen LogP contribution in [0.25, 0.3) is 0 Å². The first-order valence-corrected chi connectivity index (χ1v) is 7.80. The number of aldehydes is 1. The Kier molecular flexibility index (Phi) is 4.02. The zero-order valence-corrected chi connectivity index (χ0v) is 13.6. The first-order chi connectivity index (χ1) is 10.2. The van der Waals surface area contributed by atoms with E-state index in [4.69, 9.17) is 17.3 Å². The van der Waals surface area contributed by atoms with Gasteiger partial charge in [-0.25, -0.2) is 0 Å². The van der Waals surface area contributed by atoms with Crippen molar-refractivity contribution in [2.45, 2.75) is 19.1 Å². The molecule has 1 heterocycles. The minimum absolute atomic E-state index is 0.321. The van der Waals surface area contributed by atoms with Gasteiger partial charge >= 0.3 is 0 Å². The molecule has 3 rings (SSSR count). The summed E-state index contributed by atoms with van der Waals surface area (Å²) in [6, 6.07) is 11.3. The molecule has 2 aromatic rings. The summed E-state index contributed by atoms with van der Waals surface area (Å²) in [6.45, 7) is 1.09. The lowest BCUT2D eigenvalue weighted by Crippen LogP contribution is -2.24. The second kappa shape index (κ2) is 5.79. The lowest BCUT2D eigenvalue weighted by atomic mass is 10.1. The SMILES string of the molecule is NCc1c(Br)cccc1N1Cc2ccc(Cl)cc2C1C=O. The predicted molar refractivity (Wildman–Crippen MR) is 88.5 cm³/mol. The average molecular weight is 366 g/mol. The van der Waals surface area contributed by atoms with E-state index in [0.717, 1.165) is 33.1 Å². The molecule has 5 heteroatoms. The van der Waals surface area contributed by atoms with Crippen LogP contribution in [0.3, 0.4) is 0 Å². The maximum absolute atomic E-state index is 11.6. The number of carbonyl (C=O) groups excluding carboxylic acids is 1. The quantitative estimate of drug-likeness (QED) is 0.841. The third kappa shape index (κ3) is 2.48. The fourth-order valence-corrected chi connectivity index (χ4v) is 3.53. The molecule has 0 aromatic heterocycles. The molecule has 1 unspecified atom stereocenters. The van der Waals surface area contributed by atoms with Crippen molar-refractivity contribution in [3.8, 4) is 0 Å². The molecular formula is C16H14BrClN2O. The summed E-state index contributed by atoms with van der Waals surface area (Å²) >= 11 is 9.59. The standard InChI is InChI=1S/C16H14BrClN2O/c17-14-2-1-3-15(13(14)7-19)20-8-10-4-5-11(18)6-12(10)16(20)9-21/h1-6,9,16H,7-8,19H2. The molecule has 0 fully saturated rings. The second-order valence-electron chi connectivity index (χ2n) is 4.99. The predicted octanol–water partition coefficient (Wildman–Crippen LogP) is 3.82. The molecule has 0 aliphatic carbocycles. The molecule has 2 N–H and O–H groups in total. The molecule has 3 nitrogen and oxygen atoms in total. The smallest absolute Gasteiger partial charge is 0.147 e. The number of rotatable bonds is 3. The van der Waals surface area contributed by atoms with Gasteiger partial charge in [-0.05, 0) is 35.4 Å². The van der Waals surface area contributed by atoms with Crippen LogP contribution in [-0.2, 0) is 17.9 Å². The van der Waals surface area contributed by atoms with Gasteiger partial charge in [-0.15, -0.1) is 0 Å². The van der Waals surface area contributed by atoms with E-state index in [9.17, 15) is 4.79 Å². The Balaban J connectivity index is 2.09. The van der Waals surface area contributed by atoms with Gasteiger partial charge in [0.25, 0.3) is 0 Å². The normalized spacial score (nSPS) is 16.9. The molecule has 0 spiro atoms. The number of hydrogen-bond donors (Lipinski definition) is 1. The Labute approximate surface area is 136 Å². The molecule has 0 saturated carbocycles. The molecular weight excluding hydrogens is 352 g/mol. The van der Waals surface area contributed by atoms with Crippen LogP contribution in [0.2, 0.25) is 5.02 Å². The minimum atomic E-state index is -0.321. The maximum atomic E-state index is 11.6. The van der Waals surface area contributed by atoms with E-state index in [1.54, 1.807) is 0 Å². The number of hydrogen-bond acceptors (Lipinski definition) is 3. The van der Waals surface area contributed by atoms with Gasteiger partial charge < -0.3 is 15.4 Å². The van der Waals surface area contributed by atoms with Crippen molar-refractivity contribution in [1.82, 2.24) is 0 Å². The lowest BCUT2D eigenvalue weighted by Gasteiger charge is -2.26. The molecule has 0 saturated heterocycles. The highest BCUT2D eigenvalue weighted by atomic mass is 79.9. The van der Waals surface area contributed by atoms with Gasteiger partial charge in [-0.3, -0.25) is 0 Å². The van der Waals surface area contributed by atoms with Gasteiger partial charge in [0.05, 0.1) is 0 Å². The molecule has 2 aromatic carbocycles. The van der Waals surface area contributed by atoms with Gasteiger partial charge in [-0.2, -0.15) is 0 Å². The Hall–Kier alpha value is -1.36. The number of nitrogens with two attached hydrogens (primary N) is 1. The van der Waals surface area contributed by atoms with Crippen LogP contribution in [0, 0.1) is 0 Å². The first-order valence-electron chi connectivity index (χ1n) is 6.63. The first kappa shape index (κ1) is 14.6. The average Bonchev–Trinajstić information content (AvgIpc) is 2.84. The molecule has 0 bridgehead atoms. The van der Waals surface area contributed by atoms with Crippen LogP contribution in [0.15, 0.2) is 40.9 Å². The molecule has 0 amide bonds. The Morgan fingerprint density at radius 2 is 2.19 bits per heavy atom. The number of anilines is 1. The number of nitrogens with zero attached hydrogens (tertiary/aromatic N) is 1. The van der Waals surface area contributed by atoms with E-state index < -0.39 is 0 Å². The number of benzene rings is 2. The van der Waals surface area contributed by atoms with Crippen molar-refractivity contribution in [2.24, 2.45) is 5.73 Å². The summed E-state index contributed by atoms with van der Waals surface area (Å²) in [5, 5.41) is 0.649. The third-order valence-electron chi connectivity index (χ3n) is 3.84. The van der Waals surface area contributed by atoms with E-state index >= 15 is 0 Å². The fraction of sp³-hybridized carbons (Fsp3) is 0.188. The summed E-state index contributed by atoms with van der Waals surface area (Å²) in [7, 11) is 0. The van der Waals surface area contributed by atoms with E-state index in [1.807, 2.05) is 36.4 Å². The van der Waals surface area contributed by atoms with Gasteiger partial charge in [-0.1, -0.05) is 39.7 Å². The van der Waals surface area contributed by atoms with Crippen LogP contribution >= 0.6 is 27.5 Å². The molecule has 108 valence electrons. The van der Waals surface area contributed by atoms with Crippen molar-refractivity contribution in [3.63, 3.8) is 0 Å². The Morgan fingerprint density at radius 1 is 1.38 bits per heavy atom. The van der Waals surface area contributed by atoms with Crippen molar-refractivity contribution >= 4 is 39.5 Å². The van der Waals surface area contributed by atoms with E-state index in [0.29, 0.717) is 18.1 Å². The Morgan fingerprint density at radius 3 is 2.90 bits per heavy atom. The summed E-state index contributed by atoms with van der Waals surface area (Å²) in [6.07, 6.45) is 0.962. The highest BCUT2D eigenvalue weighted by Gasteiger charge is 2.31. The summed E-state index contributed by atoms with van der Waals surface area (Å²) in [5.74, 6) is 0. The van der Waals surface area contributed by atoms with Crippen LogP contribution in [0.1, 0.15) is 22.7 Å². The van der Waals surface area contributed by atoms with Crippen LogP contribution < -0.4 is 10.6 Å². The third-order valence-corrected chi connectivity index (χ3v) is 4.82. The van der Waals surface area contributed by atoms with Crippen molar-refractivity contribution < 1.29 is 4.79 Å². The second-order valence-corrected chi connectivity index (χ2v) is 6.28. The highest BCUT2D eigenvalue weighted by molar-refractivity contribution is 9.10. The van der Waals surface area contributed by atoms with E-state index in [2.05, 4.69) is 20.8 Å². The topological polar surface area (TPSA) is 46.3 Å². The fourth-order valence-electron chi connectivity index (χ4n) is 2.84. The monoisotopic (exact) mass is 364 g/mol. The van der Waals surface area contributed by atoms with Crippen LogP contribution in [0.5, 0.6) is 0 Å². The molecule has 1 aliphatic rings. The van der Waals surface area contributed by atoms with Crippen molar-refractivity contribution in [2.75, 3.05) is 4.90 Å². The van der Waals surface area contributed by atoms with Crippen LogP contribution in [-0.4, -0.2) is 6.29 Å². The summed E-state index contributed by atoms with van der Waals surface area (Å²) < 4.78 is 0.959. The molecule has 1 atom stereocenters. The van der Waals surface area contributed by atoms with Gasteiger partial charge in [0.2, 0.25) is 0 Å². The molecule has 21 heavy (non-hydrogen) atoms. The molecule has 0 radical (unpaired) electrons. The van der Waals surface area contributed by atoms with E-state index in [-0.39, 0.29) is 6.04 Å². The number of carbonyl (C=O) groups is 1. The minimum Gasteiger partial charge on any atom is -0.353 e. The van der Waals surface area contributed by atoms with Gasteiger partial charge in [0.1, 0.15) is 12.3 Å². The van der Waals surface area contributed by atoms with E-state index in [1.165, 1.54) is 0 Å². The number of fused-ring (bicyclic) bond motifs is 1. The largest absolute Gasteiger partial charge is 0.353 e. The Bertz CT molecular complexity index is 705. The van der Waals surface area contributed by atoms with Crippen molar-refractivity contribution in [3.05, 3.63) is 62.6 Å².